The molecule has 33 heavy (non-hydrogen) atoms. The molecule has 6 rings (SSSR count). The summed E-state index contributed by atoms with van der Waals surface area (Å²) in [5, 5.41) is 0. The van der Waals surface area contributed by atoms with E-state index in [0.29, 0.717) is 0 Å². The van der Waals surface area contributed by atoms with Crippen LogP contribution in [-0.2, 0) is 46.5 Å². The van der Waals surface area contributed by atoms with Crippen molar-refractivity contribution in [1.29, 1.82) is 0 Å². The summed E-state index contributed by atoms with van der Waals surface area (Å²) in [6, 6.07) is 35.3. The molecule has 0 nitrogen and oxygen atoms in total. The van der Waals surface area contributed by atoms with Crippen LogP contribution in [0.25, 0.3) is 0 Å². The normalized spacial score (nSPS) is 18.4. The molecule has 0 amide bonds. The Labute approximate surface area is 217 Å². The molecular formula is C30H30Cl2Zr. The molecule has 2 unspecified atom stereocenters. The third-order valence-electron chi connectivity index (χ3n) is 7.01. The average Bonchev–Trinajstić information content (AvgIpc) is 3.54. The molecule has 0 heterocycles. The largest absolute Gasteiger partial charge is 0.210 e. The molecule has 168 valence electrons. The third-order valence-corrected chi connectivity index (χ3v) is 7.01. The molecule has 3 heteroatoms. The maximum atomic E-state index is 4.93. The van der Waals surface area contributed by atoms with E-state index in [0.717, 1.165) is 11.8 Å². The van der Waals surface area contributed by atoms with Crippen molar-refractivity contribution in [1.82, 2.24) is 0 Å². The van der Waals surface area contributed by atoms with Gasteiger partial charge in [0.15, 0.2) is 0 Å². The van der Waals surface area contributed by atoms with Crippen LogP contribution >= 0.6 is 17.0 Å². The molecule has 2 aliphatic rings. The first-order chi connectivity index (χ1) is 16.3. The number of fused-ring (bicyclic) bond motifs is 2. The molecule has 2 atom stereocenters. The van der Waals surface area contributed by atoms with Gasteiger partial charge in [-0.25, -0.2) is 12.1 Å². The van der Waals surface area contributed by atoms with Gasteiger partial charge in [-0.05, 0) is 35.8 Å². The number of benzene rings is 2. The van der Waals surface area contributed by atoms with Crippen molar-refractivity contribution in [3.63, 3.8) is 0 Å². The van der Waals surface area contributed by atoms with Crippen LogP contribution in [0.4, 0.5) is 0 Å². The third kappa shape index (κ3) is 6.82. The van der Waals surface area contributed by atoms with Crippen LogP contribution in [-0.4, -0.2) is 0 Å². The van der Waals surface area contributed by atoms with E-state index in [1.54, 1.807) is 22.3 Å². The van der Waals surface area contributed by atoms with Crippen molar-refractivity contribution in [2.45, 2.75) is 50.4 Å². The number of hydrogen-bond acceptors (Lipinski definition) is 0. The molecule has 0 saturated carbocycles. The van der Waals surface area contributed by atoms with E-state index in [1.165, 1.54) is 49.7 Å². The van der Waals surface area contributed by atoms with Gasteiger partial charge < -0.3 is 0 Å². The monoisotopic (exact) mass is 550 g/mol. The summed E-state index contributed by atoms with van der Waals surface area (Å²) in [6.07, 6.45) is 7.57. The molecule has 0 saturated heterocycles. The fraction of sp³-hybridized carbons (Fsp3) is 0.267. The summed E-state index contributed by atoms with van der Waals surface area (Å²) in [5.74, 6) is 1.47. The standard InChI is InChI=1S/2C15H15.2ClH.Zr/c2*1-2-5-12(6-3-1)15-10-9-13-7-4-8-14(13)11-15;;;/h2*1-8,15H,9-11H2;2*1H;/q2*-1;;;+4/p-2. The SMILES string of the molecule is [Cl][Zr+2][Cl].c1ccc(C2CCc3[cH-]ccc3C2)cc1.c1ccc(C2CCc3[cH-]ccc3C2)cc1. The van der Waals surface area contributed by atoms with E-state index in [4.69, 9.17) is 17.0 Å². The zero-order valence-corrected chi connectivity index (χ0v) is 22.9. The van der Waals surface area contributed by atoms with Crippen LogP contribution in [0.3, 0.4) is 0 Å². The molecular weight excluding hydrogens is 522 g/mol. The first-order valence-corrected chi connectivity index (χ1v) is 18.1. The van der Waals surface area contributed by atoms with Crippen LogP contribution < -0.4 is 0 Å². The van der Waals surface area contributed by atoms with E-state index in [9.17, 15) is 0 Å². The number of halogens is 2. The van der Waals surface area contributed by atoms with E-state index in [2.05, 4.69) is 97.1 Å². The van der Waals surface area contributed by atoms with Gasteiger partial charge in [-0.1, -0.05) is 86.3 Å². The fourth-order valence-corrected chi connectivity index (χ4v) is 5.29. The van der Waals surface area contributed by atoms with Crippen LogP contribution in [0.2, 0.25) is 0 Å². The van der Waals surface area contributed by atoms with Crippen molar-refractivity contribution in [2.24, 2.45) is 0 Å². The molecule has 0 aromatic heterocycles. The molecule has 0 radical (unpaired) electrons. The topological polar surface area (TPSA) is 0 Å². The molecule has 4 aromatic rings. The molecule has 4 aromatic carbocycles. The molecule has 0 aliphatic heterocycles. The van der Waals surface area contributed by atoms with Gasteiger partial charge in [0.05, 0.1) is 0 Å². The number of hydrogen-bond donors (Lipinski definition) is 0. The Bertz CT molecular complexity index is 993. The van der Waals surface area contributed by atoms with Gasteiger partial charge in [0.25, 0.3) is 0 Å². The number of aryl methyl sites for hydroxylation is 2. The van der Waals surface area contributed by atoms with Crippen LogP contribution in [0.5, 0.6) is 0 Å². The predicted molar refractivity (Wildman–Crippen MR) is 138 cm³/mol. The average molecular weight is 553 g/mol. The summed E-state index contributed by atoms with van der Waals surface area (Å²) in [4.78, 5) is 0. The van der Waals surface area contributed by atoms with Gasteiger partial charge in [-0.15, -0.1) is 0 Å². The molecule has 0 N–H and O–H groups in total. The minimum absolute atomic E-state index is 0.737. The Morgan fingerprint density at radius 2 is 1.00 bits per heavy atom. The maximum absolute atomic E-state index is 4.93. The summed E-state index contributed by atoms with van der Waals surface area (Å²) in [7, 11) is 9.87. The summed E-state index contributed by atoms with van der Waals surface area (Å²) >= 11 is -0.826. The van der Waals surface area contributed by atoms with Gasteiger partial charge in [0.1, 0.15) is 0 Å². The minimum Gasteiger partial charge on any atom is -0.210 e. The molecule has 2 aliphatic carbocycles. The van der Waals surface area contributed by atoms with Crippen molar-refractivity contribution >= 4 is 17.0 Å². The fourth-order valence-electron chi connectivity index (χ4n) is 5.29. The second kappa shape index (κ2) is 12.9. The van der Waals surface area contributed by atoms with Gasteiger partial charge in [0.2, 0.25) is 0 Å². The van der Waals surface area contributed by atoms with Gasteiger partial charge in [0, 0.05) is 0 Å². The summed E-state index contributed by atoms with van der Waals surface area (Å²) in [6.45, 7) is 0. The predicted octanol–water partition coefficient (Wildman–Crippen LogP) is 8.73. The van der Waals surface area contributed by atoms with Crippen molar-refractivity contribution in [3.8, 4) is 0 Å². The van der Waals surface area contributed by atoms with Crippen LogP contribution in [0, 0.1) is 0 Å². The molecule has 0 bridgehead atoms. The second-order valence-electron chi connectivity index (χ2n) is 8.92. The Hall–Kier alpha value is -1.40. The van der Waals surface area contributed by atoms with Crippen molar-refractivity contribution in [3.05, 3.63) is 130 Å². The zero-order valence-electron chi connectivity index (χ0n) is 18.9. The summed E-state index contributed by atoms with van der Waals surface area (Å²) < 4.78 is 0. The molecule has 0 spiro atoms. The van der Waals surface area contributed by atoms with E-state index in [-0.39, 0.29) is 0 Å². The summed E-state index contributed by atoms with van der Waals surface area (Å²) in [5.41, 5.74) is 9.28. The Balaban J connectivity index is 0.000000141. The van der Waals surface area contributed by atoms with Gasteiger partial charge >= 0.3 is 37.9 Å². The van der Waals surface area contributed by atoms with Crippen LogP contribution in [0.15, 0.2) is 97.1 Å². The Morgan fingerprint density at radius 3 is 1.39 bits per heavy atom. The van der Waals surface area contributed by atoms with E-state index in [1.807, 2.05) is 0 Å². The quantitative estimate of drug-likeness (QED) is 0.218. The Kier molecular flexibility index (Phi) is 9.66. The number of rotatable bonds is 2. The van der Waals surface area contributed by atoms with Gasteiger partial charge in [-0.3, -0.25) is 0 Å². The van der Waals surface area contributed by atoms with Crippen LogP contribution in [0.1, 0.15) is 58.1 Å². The van der Waals surface area contributed by atoms with Crippen molar-refractivity contribution in [2.75, 3.05) is 0 Å². The minimum atomic E-state index is -0.826. The zero-order chi connectivity index (χ0) is 22.9. The molecule has 0 fully saturated rings. The smallest absolute Gasteiger partial charge is 0.0233 e. The second-order valence-corrected chi connectivity index (χ2v) is 12.7. The first kappa shape index (κ1) is 24.7. The van der Waals surface area contributed by atoms with Crippen molar-refractivity contribution < 1.29 is 20.8 Å². The van der Waals surface area contributed by atoms with E-state index >= 15 is 0 Å². The first-order valence-electron chi connectivity index (χ1n) is 11.8. The Morgan fingerprint density at radius 1 is 0.606 bits per heavy atom. The maximum Gasteiger partial charge on any atom is -0.0233 e. The van der Waals surface area contributed by atoms with Gasteiger partial charge in [-0.2, -0.15) is 46.5 Å². The van der Waals surface area contributed by atoms with E-state index < -0.39 is 20.8 Å².